The Balaban J connectivity index is 2.19. The highest BCUT2D eigenvalue weighted by molar-refractivity contribution is 5.76. The third-order valence-corrected chi connectivity index (χ3v) is 4.38. The van der Waals surface area contributed by atoms with Crippen molar-refractivity contribution in [1.29, 1.82) is 5.26 Å². The Morgan fingerprint density at radius 2 is 1.78 bits per heavy atom. The van der Waals surface area contributed by atoms with Crippen LogP contribution in [0.4, 0.5) is 18.9 Å². The summed E-state index contributed by atoms with van der Waals surface area (Å²) in [4.78, 5) is 13.7. The average molecular weight is 450 g/mol. The van der Waals surface area contributed by atoms with E-state index in [0.717, 1.165) is 12.1 Å². The van der Waals surface area contributed by atoms with Crippen LogP contribution < -0.4 is 14.4 Å². The fourth-order valence-corrected chi connectivity index (χ4v) is 2.77. The van der Waals surface area contributed by atoms with Gasteiger partial charge in [-0.25, -0.2) is 0 Å². The number of halogens is 3. The molecule has 0 spiro atoms. The molecule has 0 saturated carbocycles. The van der Waals surface area contributed by atoms with Crippen molar-refractivity contribution in [2.75, 3.05) is 38.3 Å². The highest BCUT2D eigenvalue weighted by Gasteiger charge is 2.34. The number of hydrogen-bond donors (Lipinski definition) is 0. The third-order valence-electron chi connectivity index (χ3n) is 4.38. The number of alkyl halides is 3. The van der Waals surface area contributed by atoms with Crippen LogP contribution in [-0.2, 0) is 15.7 Å². The van der Waals surface area contributed by atoms with Gasteiger partial charge in [0.1, 0.15) is 24.7 Å². The van der Waals surface area contributed by atoms with Crippen molar-refractivity contribution in [1.82, 2.24) is 0 Å². The van der Waals surface area contributed by atoms with Crippen LogP contribution in [0.5, 0.6) is 11.5 Å². The van der Waals surface area contributed by atoms with Crippen LogP contribution in [0.15, 0.2) is 42.5 Å². The first-order valence-corrected chi connectivity index (χ1v) is 9.92. The molecule has 2 aromatic carbocycles. The standard InChI is InChI=1S/C23H25F3N2O4/c1-16(2)15-32-22(29)14-28(10-11-31-20-8-6-19(30-3)7-9-20)18-5-4-17(13-27)21(12-18)23(24,25)26/h4-9,12,16H,10-11,14-15H2,1-3H3. The molecule has 2 aromatic rings. The molecular formula is C23H25F3N2O4. The summed E-state index contributed by atoms with van der Waals surface area (Å²) in [5, 5.41) is 9.02. The molecule has 0 heterocycles. The number of carbonyl (C=O) groups is 1. The van der Waals surface area contributed by atoms with Gasteiger partial charge in [0, 0.05) is 5.69 Å². The molecule has 9 heteroatoms. The molecule has 2 rings (SSSR count). The van der Waals surface area contributed by atoms with E-state index in [1.807, 2.05) is 13.8 Å². The summed E-state index contributed by atoms with van der Waals surface area (Å²) in [6.45, 7) is 3.92. The maximum absolute atomic E-state index is 13.4. The topological polar surface area (TPSA) is 71.8 Å². The van der Waals surface area contributed by atoms with Crippen molar-refractivity contribution in [3.63, 3.8) is 0 Å². The number of nitrogens with zero attached hydrogens (tertiary/aromatic N) is 2. The number of nitriles is 1. The number of rotatable bonds is 10. The Morgan fingerprint density at radius 1 is 1.12 bits per heavy atom. The predicted molar refractivity (Wildman–Crippen MR) is 113 cm³/mol. The first-order valence-electron chi connectivity index (χ1n) is 9.92. The molecule has 0 aromatic heterocycles. The van der Waals surface area contributed by atoms with Gasteiger partial charge in [0.15, 0.2) is 0 Å². The molecule has 0 atom stereocenters. The van der Waals surface area contributed by atoms with Gasteiger partial charge < -0.3 is 19.1 Å². The molecule has 0 radical (unpaired) electrons. The van der Waals surface area contributed by atoms with Gasteiger partial charge in [-0.1, -0.05) is 13.8 Å². The van der Waals surface area contributed by atoms with E-state index < -0.39 is 23.3 Å². The van der Waals surface area contributed by atoms with E-state index >= 15 is 0 Å². The number of carbonyl (C=O) groups excluding carboxylic acids is 1. The lowest BCUT2D eigenvalue weighted by Crippen LogP contribution is -2.35. The molecule has 0 amide bonds. The van der Waals surface area contributed by atoms with Crippen LogP contribution in [0.2, 0.25) is 0 Å². The summed E-state index contributed by atoms with van der Waals surface area (Å²) in [5.41, 5.74) is -1.41. The Bertz CT molecular complexity index is 938. The first-order chi connectivity index (χ1) is 15.1. The molecule has 0 unspecified atom stereocenters. The monoisotopic (exact) mass is 450 g/mol. The summed E-state index contributed by atoms with van der Waals surface area (Å²) in [5.74, 6) is 0.756. The van der Waals surface area contributed by atoms with E-state index in [2.05, 4.69) is 0 Å². The molecule has 0 fully saturated rings. The lowest BCUT2D eigenvalue weighted by Gasteiger charge is -2.25. The van der Waals surface area contributed by atoms with Gasteiger partial charge >= 0.3 is 12.1 Å². The summed E-state index contributed by atoms with van der Waals surface area (Å²) < 4.78 is 56.1. The van der Waals surface area contributed by atoms with Crippen molar-refractivity contribution in [2.24, 2.45) is 5.92 Å². The SMILES string of the molecule is COc1ccc(OCCN(CC(=O)OCC(C)C)c2ccc(C#N)c(C(F)(F)F)c2)cc1. The quantitative estimate of drug-likeness (QED) is 0.490. The number of ether oxygens (including phenoxy) is 3. The Kier molecular flexibility index (Phi) is 8.76. The van der Waals surface area contributed by atoms with E-state index in [0.29, 0.717) is 11.5 Å². The van der Waals surface area contributed by atoms with E-state index in [1.165, 1.54) is 11.0 Å². The van der Waals surface area contributed by atoms with Crippen molar-refractivity contribution < 1.29 is 32.2 Å². The molecular weight excluding hydrogens is 425 g/mol. The van der Waals surface area contributed by atoms with Gasteiger partial charge in [-0.3, -0.25) is 4.79 Å². The van der Waals surface area contributed by atoms with Crippen LogP contribution >= 0.6 is 0 Å². The Morgan fingerprint density at radius 3 is 2.34 bits per heavy atom. The number of methoxy groups -OCH3 is 1. The molecule has 0 aliphatic carbocycles. The fourth-order valence-electron chi connectivity index (χ4n) is 2.77. The number of benzene rings is 2. The largest absolute Gasteiger partial charge is 0.497 e. The second-order valence-corrected chi connectivity index (χ2v) is 7.36. The van der Waals surface area contributed by atoms with Crippen molar-refractivity contribution in [2.45, 2.75) is 20.0 Å². The molecule has 32 heavy (non-hydrogen) atoms. The van der Waals surface area contributed by atoms with Gasteiger partial charge in [0.2, 0.25) is 0 Å². The van der Waals surface area contributed by atoms with E-state index in [1.54, 1.807) is 37.4 Å². The number of anilines is 1. The van der Waals surface area contributed by atoms with Gasteiger partial charge in [0.05, 0.1) is 37.5 Å². The normalized spacial score (nSPS) is 11.1. The third kappa shape index (κ3) is 7.38. The van der Waals surface area contributed by atoms with E-state index in [9.17, 15) is 18.0 Å². The van der Waals surface area contributed by atoms with Gasteiger partial charge in [-0.2, -0.15) is 18.4 Å². The minimum Gasteiger partial charge on any atom is -0.497 e. The molecule has 0 aliphatic heterocycles. The van der Waals surface area contributed by atoms with Gasteiger partial charge in [-0.05, 0) is 48.4 Å². The minimum atomic E-state index is -4.70. The lowest BCUT2D eigenvalue weighted by atomic mass is 10.1. The Labute approximate surface area is 185 Å². The van der Waals surface area contributed by atoms with Crippen molar-refractivity contribution in [3.05, 3.63) is 53.6 Å². The van der Waals surface area contributed by atoms with Crippen molar-refractivity contribution >= 4 is 11.7 Å². The van der Waals surface area contributed by atoms with Crippen LogP contribution in [0.1, 0.15) is 25.0 Å². The zero-order valence-electron chi connectivity index (χ0n) is 18.1. The van der Waals surface area contributed by atoms with Crippen LogP contribution in [-0.4, -0.2) is 39.4 Å². The second kappa shape index (κ2) is 11.3. The zero-order valence-corrected chi connectivity index (χ0v) is 18.1. The number of hydrogen-bond acceptors (Lipinski definition) is 6. The number of esters is 1. The van der Waals surface area contributed by atoms with Crippen molar-refractivity contribution in [3.8, 4) is 17.6 Å². The molecule has 0 saturated heterocycles. The van der Waals surface area contributed by atoms with Gasteiger partial charge in [-0.15, -0.1) is 0 Å². The smallest absolute Gasteiger partial charge is 0.417 e. The van der Waals surface area contributed by atoms with E-state index in [-0.39, 0.29) is 37.9 Å². The van der Waals surface area contributed by atoms with Crippen LogP contribution in [0.3, 0.4) is 0 Å². The van der Waals surface area contributed by atoms with Gasteiger partial charge in [0.25, 0.3) is 0 Å². The predicted octanol–water partition coefficient (Wildman–Crippen LogP) is 4.67. The highest BCUT2D eigenvalue weighted by atomic mass is 19.4. The maximum atomic E-state index is 13.4. The lowest BCUT2D eigenvalue weighted by molar-refractivity contribution is -0.143. The zero-order chi connectivity index (χ0) is 23.7. The molecule has 0 bridgehead atoms. The molecule has 0 aliphatic rings. The average Bonchev–Trinajstić information content (AvgIpc) is 2.76. The van der Waals surface area contributed by atoms with Crippen LogP contribution in [0, 0.1) is 17.2 Å². The molecule has 0 N–H and O–H groups in total. The summed E-state index contributed by atoms with van der Waals surface area (Å²) in [6.07, 6.45) is -4.70. The first kappa shape index (κ1) is 24.9. The minimum absolute atomic E-state index is 0.102. The summed E-state index contributed by atoms with van der Waals surface area (Å²) >= 11 is 0. The maximum Gasteiger partial charge on any atom is 0.417 e. The summed E-state index contributed by atoms with van der Waals surface area (Å²) in [6, 6.07) is 11.7. The van der Waals surface area contributed by atoms with Crippen LogP contribution in [0.25, 0.3) is 0 Å². The Hall–Kier alpha value is -3.41. The van der Waals surface area contributed by atoms with E-state index in [4.69, 9.17) is 19.5 Å². The fraction of sp³-hybridized carbons (Fsp3) is 0.391. The molecule has 6 nitrogen and oxygen atoms in total. The summed E-state index contributed by atoms with van der Waals surface area (Å²) in [7, 11) is 1.54. The molecule has 172 valence electrons. The second-order valence-electron chi connectivity index (χ2n) is 7.36. The highest BCUT2D eigenvalue weighted by Crippen LogP contribution is 2.34.